The number of benzene rings is 2. The molecule has 0 fully saturated rings. The molecule has 0 radical (unpaired) electrons. The molecule has 3 rings (SSSR count). The average molecular weight is 356 g/mol. The van der Waals surface area contributed by atoms with Crippen LogP contribution in [0.1, 0.15) is 15.2 Å². The van der Waals surface area contributed by atoms with E-state index in [0.717, 1.165) is 4.88 Å². The lowest BCUT2D eigenvalue weighted by atomic mass is 10.1. The van der Waals surface area contributed by atoms with E-state index >= 15 is 0 Å². The lowest BCUT2D eigenvalue weighted by Crippen LogP contribution is -2.30. The minimum absolute atomic E-state index is 0.00613. The van der Waals surface area contributed by atoms with E-state index < -0.39 is 16.6 Å². The van der Waals surface area contributed by atoms with Crippen molar-refractivity contribution in [2.24, 2.45) is 0 Å². The first-order valence-corrected chi connectivity index (χ1v) is 8.27. The summed E-state index contributed by atoms with van der Waals surface area (Å²) in [5.41, 5.74) is 0.206. The number of carbonyl (C=O) groups is 1. The fourth-order valence-electron chi connectivity index (χ4n) is 2.42. The summed E-state index contributed by atoms with van der Waals surface area (Å²) in [6.07, 6.45) is 0. The van der Waals surface area contributed by atoms with Crippen LogP contribution in [-0.4, -0.2) is 10.8 Å². The Bertz CT molecular complexity index is 895. The third-order valence-electron chi connectivity index (χ3n) is 3.61. The number of nitro benzene ring substituents is 1. The van der Waals surface area contributed by atoms with Gasteiger partial charge < -0.3 is 4.90 Å². The number of nitrogens with zero attached hydrogens (tertiary/aromatic N) is 2. The molecule has 7 heteroatoms. The van der Waals surface area contributed by atoms with Crippen molar-refractivity contribution in [1.29, 1.82) is 0 Å². The third-order valence-corrected chi connectivity index (χ3v) is 4.47. The zero-order valence-electron chi connectivity index (χ0n) is 13.0. The molecule has 0 N–H and O–H groups in total. The molecule has 1 amide bonds. The van der Waals surface area contributed by atoms with Crippen LogP contribution in [0.2, 0.25) is 0 Å². The number of hydrogen-bond donors (Lipinski definition) is 0. The van der Waals surface area contributed by atoms with Crippen LogP contribution in [0.5, 0.6) is 0 Å². The van der Waals surface area contributed by atoms with Crippen LogP contribution in [0, 0.1) is 15.9 Å². The van der Waals surface area contributed by atoms with Gasteiger partial charge in [0.25, 0.3) is 11.6 Å². The highest BCUT2D eigenvalue weighted by atomic mass is 32.1. The molecule has 0 atom stereocenters. The molecule has 25 heavy (non-hydrogen) atoms. The van der Waals surface area contributed by atoms with Gasteiger partial charge in [-0.15, -0.1) is 11.3 Å². The van der Waals surface area contributed by atoms with Gasteiger partial charge in [-0.2, -0.15) is 0 Å². The molecule has 3 aromatic rings. The number of anilines is 1. The van der Waals surface area contributed by atoms with Gasteiger partial charge in [-0.05, 0) is 41.8 Å². The van der Waals surface area contributed by atoms with E-state index in [9.17, 15) is 19.3 Å². The summed E-state index contributed by atoms with van der Waals surface area (Å²) in [5.74, 6) is -0.926. The van der Waals surface area contributed by atoms with Crippen LogP contribution < -0.4 is 4.90 Å². The number of carbonyl (C=O) groups excluding carboxylic acids is 1. The minimum Gasteiger partial charge on any atom is -0.303 e. The number of amides is 1. The van der Waals surface area contributed by atoms with Crippen LogP contribution in [0.15, 0.2) is 66.0 Å². The van der Waals surface area contributed by atoms with E-state index in [1.54, 1.807) is 6.07 Å². The van der Waals surface area contributed by atoms with Crippen molar-refractivity contribution < 1.29 is 14.1 Å². The van der Waals surface area contributed by atoms with Gasteiger partial charge in [0.1, 0.15) is 11.4 Å². The molecule has 1 heterocycles. The van der Waals surface area contributed by atoms with Crippen molar-refractivity contribution in [2.75, 3.05) is 4.90 Å². The first kappa shape index (κ1) is 16.8. The van der Waals surface area contributed by atoms with E-state index in [4.69, 9.17) is 0 Å². The fourth-order valence-corrected chi connectivity index (χ4v) is 3.11. The molecule has 2 aromatic carbocycles. The number of nitro groups is 1. The maximum absolute atomic E-state index is 13.2. The first-order chi connectivity index (χ1) is 12.1. The zero-order valence-corrected chi connectivity index (χ0v) is 13.8. The predicted molar refractivity (Wildman–Crippen MR) is 94.3 cm³/mol. The molecule has 0 aliphatic heterocycles. The van der Waals surface area contributed by atoms with Gasteiger partial charge in [-0.1, -0.05) is 18.2 Å². The zero-order chi connectivity index (χ0) is 17.8. The summed E-state index contributed by atoms with van der Waals surface area (Å²) < 4.78 is 13.2. The molecule has 126 valence electrons. The Balaban J connectivity index is 2.03. The van der Waals surface area contributed by atoms with Crippen molar-refractivity contribution in [3.05, 3.63) is 92.4 Å². The Kier molecular flexibility index (Phi) is 4.85. The van der Waals surface area contributed by atoms with Gasteiger partial charge in [0.15, 0.2) is 0 Å². The van der Waals surface area contributed by atoms with Crippen LogP contribution in [-0.2, 0) is 6.54 Å². The summed E-state index contributed by atoms with van der Waals surface area (Å²) in [7, 11) is 0. The largest absolute Gasteiger partial charge is 0.303 e. The molecular formula is C18H13FN2O3S. The maximum atomic E-state index is 13.2. The lowest BCUT2D eigenvalue weighted by Gasteiger charge is -2.22. The Labute approximate surface area is 147 Å². The van der Waals surface area contributed by atoms with Crippen molar-refractivity contribution in [2.45, 2.75) is 6.54 Å². The second kappa shape index (κ2) is 7.23. The summed E-state index contributed by atoms with van der Waals surface area (Å²) >= 11 is 1.47. The topological polar surface area (TPSA) is 63.4 Å². The van der Waals surface area contributed by atoms with Crippen molar-refractivity contribution in [1.82, 2.24) is 0 Å². The Morgan fingerprint density at radius 1 is 1.08 bits per heavy atom. The highest BCUT2D eigenvalue weighted by Crippen LogP contribution is 2.26. The molecular weight excluding hydrogens is 343 g/mol. The minimum atomic E-state index is -0.582. The second-order valence-corrected chi connectivity index (χ2v) is 6.25. The van der Waals surface area contributed by atoms with Gasteiger partial charge in [0.05, 0.1) is 11.5 Å². The van der Waals surface area contributed by atoms with E-state index in [0.29, 0.717) is 5.69 Å². The first-order valence-electron chi connectivity index (χ1n) is 7.39. The molecule has 0 unspecified atom stereocenters. The summed E-state index contributed by atoms with van der Waals surface area (Å²) in [6.45, 7) is 0.244. The van der Waals surface area contributed by atoms with Crippen LogP contribution >= 0.6 is 11.3 Å². The number of halogens is 1. The van der Waals surface area contributed by atoms with Gasteiger partial charge in [0, 0.05) is 16.6 Å². The Morgan fingerprint density at radius 3 is 2.44 bits per heavy atom. The molecule has 0 saturated heterocycles. The highest BCUT2D eigenvalue weighted by molar-refractivity contribution is 7.09. The van der Waals surface area contributed by atoms with Crippen molar-refractivity contribution in [3.63, 3.8) is 0 Å². The maximum Gasteiger partial charge on any atom is 0.282 e. The van der Waals surface area contributed by atoms with E-state index in [2.05, 4.69) is 0 Å². The van der Waals surface area contributed by atoms with Crippen molar-refractivity contribution in [3.8, 4) is 0 Å². The van der Waals surface area contributed by atoms with Gasteiger partial charge >= 0.3 is 0 Å². The average Bonchev–Trinajstić information content (AvgIpc) is 3.13. The molecule has 0 spiro atoms. The molecule has 0 bridgehead atoms. The van der Waals surface area contributed by atoms with E-state index in [1.165, 1.54) is 58.7 Å². The fraction of sp³-hybridized carbons (Fsp3) is 0.0556. The number of hydrogen-bond acceptors (Lipinski definition) is 4. The van der Waals surface area contributed by atoms with E-state index in [1.807, 2.05) is 17.5 Å². The SMILES string of the molecule is O=C(c1ccccc1[N+](=O)[O-])N(Cc1cccs1)c1ccc(F)cc1. The van der Waals surface area contributed by atoms with Gasteiger partial charge in [0.2, 0.25) is 0 Å². The van der Waals surface area contributed by atoms with Gasteiger partial charge in [-0.25, -0.2) is 4.39 Å². The lowest BCUT2D eigenvalue weighted by molar-refractivity contribution is -0.385. The van der Waals surface area contributed by atoms with Crippen LogP contribution in [0.4, 0.5) is 15.8 Å². The Morgan fingerprint density at radius 2 is 1.80 bits per heavy atom. The smallest absolute Gasteiger partial charge is 0.282 e. The quantitative estimate of drug-likeness (QED) is 0.494. The number of thiophene rings is 1. The Hall–Kier alpha value is -3.06. The molecule has 5 nitrogen and oxygen atoms in total. The monoisotopic (exact) mass is 356 g/mol. The predicted octanol–water partition coefficient (Wildman–Crippen LogP) is 4.64. The molecule has 0 aliphatic carbocycles. The molecule has 1 aromatic heterocycles. The molecule has 0 aliphatic rings. The normalized spacial score (nSPS) is 10.4. The third kappa shape index (κ3) is 3.72. The number of rotatable bonds is 5. The standard InChI is InChI=1S/C18H13FN2O3S/c19-13-7-9-14(10-8-13)20(12-15-4-3-11-25-15)18(22)16-5-1-2-6-17(16)21(23)24/h1-11H,12H2. The van der Waals surface area contributed by atoms with Crippen LogP contribution in [0.25, 0.3) is 0 Å². The van der Waals surface area contributed by atoms with Crippen LogP contribution in [0.3, 0.4) is 0 Å². The summed E-state index contributed by atoms with van der Waals surface area (Å²) in [5, 5.41) is 13.1. The number of para-hydroxylation sites is 1. The molecule has 0 saturated carbocycles. The van der Waals surface area contributed by atoms with E-state index in [-0.39, 0.29) is 17.8 Å². The van der Waals surface area contributed by atoms with Gasteiger partial charge in [-0.3, -0.25) is 14.9 Å². The summed E-state index contributed by atoms with van der Waals surface area (Å²) in [6, 6.07) is 15.0. The highest BCUT2D eigenvalue weighted by Gasteiger charge is 2.25. The summed E-state index contributed by atoms with van der Waals surface area (Å²) in [4.78, 5) is 26.0. The van der Waals surface area contributed by atoms with Crippen molar-refractivity contribution >= 4 is 28.6 Å². The second-order valence-electron chi connectivity index (χ2n) is 5.22.